The van der Waals surface area contributed by atoms with E-state index in [1.165, 1.54) is 13.8 Å². The number of alkyl carbamates (subject to hydrolysis) is 1. The molecule has 0 aliphatic carbocycles. The second-order valence-corrected chi connectivity index (χ2v) is 11.3. The Kier molecular flexibility index (Phi) is 17.7. The van der Waals surface area contributed by atoms with E-state index in [4.69, 9.17) is 15.0 Å². The lowest BCUT2D eigenvalue weighted by molar-refractivity contribution is -0.150. The van der Waals surface area contributed by atoms with Crippen molar-refractivity contribution in [2.75, 3.05) is 11.9 Å². The summed E-state index contributed by atoms with van der Waals surface area (Å²) < 4.78 is 10.3. The number of ketones is 1. The second kappa shape index (κ2) is 20.8. The van der Waals surface area contributed by atoms with Crippen molar-refractivity contribution in [3.8, 4) is 0 Å². The number of carbonyl (C=O) groups excluding carboxylic acids is 7. The minimum Gasteiger partial charge on any atom is -0.461 e. The molecule has 1 rings (SSSR count). The van der Waals surface area contributed by atoms with Crippen molar-refractivity contribution in [2.45, 2.75) is 98.1 Å². The number of anilines is 1. The lowest BCUT2D eigenvalue weighted by Gasteiger charge is -2.25. The molecule has 3 atom stereocenters. The fourth-order valence-electron chi connectivity index (χ4n) is 4.08. The van der Waals surface area contributed by atoms with Crippen LogP contribution in [0.25, 0.3) is 5.53 Å². The van der Waals surface area contributed by atoms with Crippen LogP contribution in [0.5, 0.6) is 0 Å². The maximum atomic E-state index is 13.2. The quantitative estimate of drug-likeness (QED) is 0.0474. The molecular formula is C31H45N7O9. The summed E-state index contributed by atoms with van der Waals surface area (Å²) in [7, 11) is 0. The molecule has 16 heteroatoms. The Morgan fingerprint density at radius 1 is 0.851 bits per heavy atom. The van der Waals surface area contributed by atoms with E-state index in [2.05, 4.69) is 31.4 Å². The molecule has 16 nitrogen and oxygen atoms in total. The Bertz CT molecular complexity index is 1310. The van der Waals surface area contributed by atoms with Crippen LogP contribution < -0.4 is 26.6 Å². The van der Waals surface area contributed by atoms with Crippen molar-refractivity contribution in [2.24, 2.45) is 5.92 Å². The summed E-state index contributed by atoms with van der Waals surface area (Å²) >= 11 is 0. The summed E-state index contributed by atoms with van der Waals surface area (Å²) in [4.78, 5) is 88.1. The molecule has 0 unspecified atom stereocenters. The maximum Gasteiger partial charge on any atom is 0.408 e. The van der Waals surface area contributed by atoms with Gasteiger partial charge in [-0.2, -0.15) is 4.79 Å². The average molecular weight is 660 g/mol. The van der Waals surface area contributed by atoms with E-state index in [1.807, 2.05) is 0 Å². The van der Waals surface area contributed by atoms with E-state index in [-0.39, 0.29) is 43.6 Å². The summed E-state index contributed by atoms with van der Waals surface area (Å²) in [6, 6.07) is 3.31. The number of nitrogens with one attached hydrogen (secondary N) is 5. The van der Waals surface area contributed by atoms with Gasteiger partial charge in [0.2, 0.25) is 29.4 Å². The normalized spacial score (nSPS) is 12.4. The average Bonchev–Trinajstić information content (AvgIpc) is 2.98. The number of hydrogen-bond donors (Lipinski definition) is 5. The minimum absolute atomic E-state index is 0.111. The van der Waals surface area contributed by atoms with Gasteiger partial charge >= 0.3 is 18.3 Å². The Morgan fingerprint density at radius 3 is 2.06 bits per heavy atom. The molecule has 258 valence electrons. The fourth-order valence-corrected chi connectivity index (χ4v) is 4.08. The summed E-state index contributed by atoms with van der Waals surface area (Å²) in [5, 5.41) is 13.0. The van der Waals surface area contributed by atoms with E-state index >= 15 is 0 Å². The summed E-state index contributed by atoms with van der Waals surface area (Å²) in [6.45, 7) is 9.56. The predicted molar refractivity (Wildman–Crippen MR) is 170 cm³/mol. The van der Waals surface area contributed by atoms with Gasteiger partial charge in [-0.1, -0.05) is 26.0 Å². The molecule has 47 heavy (non-hydrogen) atoms. The smallest absolute Gasteiger partial charge is 0.408 e. The van der Waals surface area contributed by atoms with E-state index in [1.54, 1.807) is 52.0 Å². The molecule has 0 aromatic heterocycles. The van der Waals surface area contributed by atoms with E-state index in [0.29, 0.717) is 30.4 Å². The molecule has 0 aliphatic rings. The summed E-state index contributed by atoms with van der Waals surface area (Å²) in [5.41, 5.74) is 9.42. The highest BCUT2D eigenvalue weighted by Crippen LogP contribution is 2.13. The number of benzene rings is 1. The summed E-state index contributed by atoms with van der Waals surface area (Å²) in [6.07, 6.45) is -0.412. The minimum atomic E-state index is -1.18. The van der Waals surface area contributed by atoms with Gasteiger partial charge in [0.15, 0.2) is 0 Å². The number of nitrogens with zero attached hydrogens (tertiary/aromatic N) is 2. The molecule has 0 saturated carbocycles. The standard InChI is InChI=1S/C31H45N7O9/c1-18(2)27(35-21(6)40)29(43)37-25(8-7-15-33-20(5)39)28(42)36-23-11-9-22(10-12-23)17-46-31(45)38-26(30(44)47-19(3)4)14-13-24(41)16-34-32/h9-12,16,18-19,25-27H,7-8,13-15,17H2,1-6H3,(H,33,39)(H,35,40)(H,36,42)(H,37,43)(H,38,45)/t25-,26-,27-/m0/s1. The molecule has 0 aliphatic heterocycles. The van der Waals surface area contributed by atoms with E-state index in [0.717, 1.165) is 0 Å². The largest absolute Gasteiger partial charge is 0.461 e. The van der Waals surface area contributed by atoms with Crippen molar-refractivity contribution < 1.29 is 47.8 Å². The summed E-state index contributed by atoms with van der Waals surface area (Å²) in [5.74, 6) is -3.21. The number of carbonyl (C=O) groups is 7. The number of esters is 1. The van der Waals surface area contributed by atoms with Gasteiger partial charge in [0.05, 0.1) is 6.10 Å². The molecule has 1 aromatic rings. The molecule has 1 aromatic carbocycles. The lowest BCUT2D eigenvalue weighted by Crippen LogP contribution is -2.54. The first-order chi connectivity index (χ1) is 22.1. The van der Waals surface area contributed by atoms with Gasteiger partial charge in [-0.25, -0.2) is 9.59 Å². The maximum absolute atomic E-state index is 13.2. The van der Waals surface area contributed by atoms with Gasteiger partial charge in [0.1, 0.15) is 24.7 Å². The zero-order valence-electron chi connectivity index (χ0n) is 27.6. The predicted octanol–water partition coefficient (Wildman–Crippen LogP) is 1.38. The third kappa shape index (κ3) is 16.7. The molecule has 0 fully saturated rings. The van der Waals surface area contributed by atoms with Gasteiger partial charge in [-0.3, -0.25) is 24.0 Å². The highest BCUT2D eigenvalue weighted by molar-refractivity contribution is 6.25. The van der Waals surface area contributed by atoms with Crippen molar-refractivity contribution in [3.63, 3.8) is 0 Å². The second-order valence-electron chi connectivity index (χ2n) is 11.3. The highest BCUT2D eigenvalue weighted by atomic mass is 16.6. The molecule has 0 saturated heterocycles. The fraction of sp³-hybridized carbons (Fsp3) is 0.548. The Hall–Kier alpha value is -5.11. The first-order valence-electron chi connectivity index (χ1n) is 15.2. The highest BCUT2D eigenvalue weighted by Gasteiger charge is 2.28. The monoisotopic (exact) mass is 659 g/mol. The third-order valence-corrected chi connectivity index (χ3v) is 6.39. The molecule has 0 heterocycles. The first kappa shape index (κ1) is 39.9. The van der Waals surface area contributed by atoms with Crippen LogP contribution in [-0.2, 0) is 44.8 Å². The van der Waals surface area contributed by atoms with Gasteiger partial charge in [-0.05, 0) is 56.7 Å². The number of hydrogen-bond acceptors (Lipinski definition) is 9. The molecule has 0 bridgehead atoms. The zero-order valence-corrected chi connectivity index (χ0v) is 27.6. The van der Waals surface area contributed by atoms with E-state index in [9.17, 15) is 33.6 Å². The van der Waals surface area contributed by atoms with Crippen LogP contribution in [-0.4, -0.2) is 83.3 Å². The number of Topliss-reactive ketones (excluding diaryl/α,β-unsaturated/α-hetero) is 1. The SMILES string of the molecule is CC(=O)NCCC[C@H](NC(=O)[C@@H](NC(C)=O)C(C)C)C(=O)Nc1ccc(COC(=O)N[C@@H](CCC(=O)C=[N+]=[N-])C(=O)OC(C)C)cc1. The van der Waals surface area contributed by atoms with Gasteiger partial charge in [-0.15, -0.1) is 0 Å². The Balaban J connectivity index is 2.87. The van der Waals surface area contributed by atoms with Crippen LogP contribution in [0.15, 0.2) is 24.3 Å². The lowest BCUT2D eigenvalue weighted by atomic mass is 10.0. The van der Waals surface area contributed by atoms with Crippen LogP contribution in [0.2, 0.25) is 0 Å². The van der Waals surface area contributed by atoms with Crippen molar-refractivity contribution in [1.29, 1.82) is 0 Å². The van der Waals surface area contributed by atoms with Gasteiger partial charge < -0.3 is 41.6 Å². The molecule has 0 radical (unpaired) electrons. The zero-order chi connectivity index (χ0) is 35.5. The topological polar surface area (TPSA) is 234 Å². The Labute approximate surface area is 273 Å². The van der Waals surface area contributed by atoms with Crippen molar-refractivity contribution in [3.05, 3.63) is 35.4 Å². The molecule has 0 spiro atoms. The van der Waals surface area contributed by atoms with Crippen molar-refractivity contribution in [1.82, 2.24) is 21.3 Å². The van der Waals surface area contributed by atoms with Crippen LogP contribution in [0, 0.1) is 5.92 Å². The van der Waals surface area contributed by atoms with E-state index < -0.39 is 53.9 Å². The van der Waals surface area contributed by atoms with Crippen molar-refractivity contribution >= 4 is 53.4 Å². The molecule has 5 amide bonds. The molecular weight excluding hydrogens is 614 g/mol. The first-order valence-corrected chi connectivity index (χ1v) is 15.2. The number of ether oxygens (including phenoxy) is 2. The van der Waals surface area contributed by atoms with Gasteiger partial charge in [0, 0.05) is 32.5 Å². The van der Waals surface area contributed by atoms with Crippen LogP contribution in [0.3, 0.4) is 0 Å². The van der Waals surface area contributed by atoms with Crippen LogP contribution in [0.1, 0.15) is 72.8 Å². The van der Waals surface area contributed by atoms with Gasteiger partial charge in [0.25, 0.3) is 0 Å². The Morgan fingerprint density at radius 2 is 1.51 bits per heavy atom. The third-order valence-electron chi connectivity index (χ3n) is 6.39. The molecule has 5 N–H and O–H groups in total. The number of rotatable bonds is 19. The van der Waals surface area contributed by atoms with Crippen LogP contribution >= 0.6 is 0 Å². The van der Waals surface area contributed by atoms with Crippen LogP contribution in [0.4, 0.5) is 10.5 Å². The number of amides is 5.